The summed E-state index contributed by atoms with van der Waals surface area (Å²) in [6.45, 7) is 0. The Morgan fingerprint density at radius 3 is 1.62 bits per heavy atom. The number of amides is 1. The second kappa shape index (κ2) is 12.7. The number of esters is 2. The fraction of sp³-hybridized carbons (Fsp3) is 0.154. The number of halogens is 8. The van der Waals surface area contributed by atoms with E-state index in [9.17, 15) is 50.6 Å². The number of aliphatic carboxylic acids is 1. The largest absolute Gasteiger partial charge is 0.478 e. The third-order valence-corrected chi connectivity index (χ3v) is 5.83. The van der Waals surface area contributed by atoms with Crippen molar-refractivity contribution in [3.05, 3.63) is 99.0 Å². The number of rotatable bonds is 8. The number of anilines is 1. The molecular formula is C26H15Cl2F6NO7. The van der Waals surface area contributed by atoms with Gasteiger partial charge in [-0.2, -0.15) is 26.3 Å². The summed E-state index contributed by atoms with van der Waals surface area (Å²) in [5.41, 5.74) is -4.30. The molecule has 0 saturated heterocycles. The summed E-state index contributed by atoms with van der Waals surface area (Å²) in [5, 5.41) is 11.8. The van der Waals surface area contributed by atoms with Crippen molar-refractivity contribution in [3.8, 4) is 0 Å². The van der Waals surface area contributed by atoms with Gasteiger partial charge in [-0.15, -0.1) is 0 Å². The molecule has 3 aromatic rings. The van der Waals surface area contributed by atoms with Crippen LogP contribution >= 0.6 is 23.2 Å². The van der Waals surface area contributed by atoms with Gasteiger partial charge < -0.3 is 19.9 Å². The fourth-order valence-corrected chi connectivity index (χ4v) is 3.76. The third-order valence-electron chi connectivity index (χ3n) is 5.28. The van der Waals surface area contributed by atoms with Crippen LogP contribution in [-0.4, -0.2) is 41.1 Å². The number of hydrogen-bond donors (Lipinski definition) is 2. The first-order chi connectivity index (χ1) is 19.5. The number of carboxylic acid groups (broad SMARTS) is 1. The van der Waals surface area contributed by atoms with E-state index in [0.29, 0.717) is 24.3 Å². The predicted molar refractivity (Wildman–Crippen MR) is 134 cm³/mol. The number of hydrogen-bond acceptors (Lipinski definition) is 6. The molecule has 0 fully saturated rings. The molecule has 3 aromatic carbocycles. The lowest BCUT2D eigenvalue weighted by molar-refractivity contribution is -0.157. The lowest BCUT2D eigenvalue weighted by Crippen LogP contribution is -2.48. The summed E-state index contributed by atoms with van der Waals surface area (Å²) < 4.78 is 88.3. The Morgan fingerprint density at radius 2 is 1.19 bits per heavy atom. The Morgan fingerprint density at radius 1 is 0.714 bits per heavy atom. The molecule has 1 amide bonds. The van der Waals surface area contributed by atoms with Crippen molar-refractivity contribution in [2.75, 3.05) is 5.32 Å². The lowest BCUT2D eigenvalue weighted by Gasteiger charge is -2.24. The van der Waals surface area contributed by atoms with E-state index in [2.05, 4.69) is 5.32 Å². The van der Waals surface area contributed by atoms with Gasteiger partial charge in [0.05, 0.1) is 33.0 Å². The van der Waals surface area contributed by atoms with Gasteiger partial charge in [0.1, 0.15) is 0 Å². The van der Waals surface area contributed by atoms with Gasteiger partial charge >= 0.3 is 30.3 Å². The summed E-state index contributed by atoms with van der Waals surface area (Å²) in [4.78, 5) is 50.6. The topological polar surface area (TPSA) is 119 Å². The van der Waals surface area contributed by atoms with Crippen LogP contribution in [0.15, 0.2) is 66.7 Å². The Hall–Kier alpha value is -4.30. The number of carboxylic acids is 1. The fourth-order valence-electron chi connectivity index (χ4n) is 3.30. The van der Waals surface area contributed by atoms with Crippen molar-refractivity contribution in [3.63, 3.8) is 0 Å². The van der Waals surface area contributed by atoms with Crippen LogP contribution in [0.2, 0.25) is 10.0 Å². The maximum absolute atomic E-state index is 13.1. The summed E-state index contributed by atoms with van der Waals surface area (Å²) in [7, 11) is 0. The van der Waals surface area contributed by atoms with Crippen molar-refractivity contribution < 1.29 is 60.1 Å². The van der Waals surface area contributed by atoms with E-state index in [1.54, 1.807) is 0 Å². The molecule has 0 aromatic heterocycles. The standard InChI is InChI=1S/C26H15Cl2F6NO7/c27-16-7-8-18(17(28)11-16)35-21(36)19(41-23(39)12-3-1-5-14(9-12)25(29,30)31)20(22(37)38)42-24(40)13-4-2-6-15(10-13)26(32,33)34/h1-11,19-20H,(H,35,36)(H,37,38)/t19-,20-/m1/s1. The normalized spacial score (nSPS) is 13.0. The number of benzene rings is 3. The van der Waals surface area contributed by atoms with Gasteiger partial charge in [0.2, 0.25) is 12.2 Å². The van der Waals surface area contributed by atoms with Crippen molar-refractivity contribution in [2.45, 2.75) is 24.6 Å². The van der Waals surface area contributed by atoms with Crippen LogP contribution in [0.4, 0.5) is 32.0 Å². The molecule has 0 heterocycles. The van der Waals surface area contributed by atoms with E-state index in [0.717, 1.165) is 24.3 Å². The second-order valence-corrected chi connectivity index (χ2v) is 9.10. The van der Waals surface area contributed by atoms with Crippen molar-refractivity contribution >= 4 is 52.7 Å². The zero-order valence-electron chi connectivity index (χ0n) is 20.4. The lowest BCUT2D eigenvalue weighted by atomic mass is 10.1. The molecule has 0 saturated carbocycles. The molecule has 0 bridgehead atoms. The van der Waals surface area contributed by atoms with Gasteiger partial charge in [-0.3, -0.25) is 4.79 Å². The highest BCUT2D eigenvalue weighted by Gasteiger charge is 2.42. The first kappa shape index (κ1) is 32.2. The molecule has 0 aliphatic rings. The van der Waals surface area contributed by atoms with Gasteiger partial charge in [-0.1, -0.05) is 35.3 Å². The zero-order valence-corrected chi connectivity index (χ0v) is 21.9. The van der Waals surface area contributed by atoms with Crippen LogP contribution < -0.4 is 5.32 Å². The molecular weight excluding hydrogens is 623 g/mol. The SMILES string of the molecule is O=C(O[C@@H](C(=O)O)[C@@H](OC(=O)c1cccc(C(F)(F)F)c1)C(=O)Nc1ccc(Cl)cc1Cl)c1cccc(C(F)(F)F)c1. The van der Waals surface area contributed by atoms with Crippen LogP contribution in [0, 0.1) is 0 Å². The molecule has 0 unspecified atom stereocenters. The van der Waals surface area contributed by atoms with Gasteiger partial charge in [0.25, 0.3) is 5.91 Å². The summed E-state index contributed by atoms with van der Waals surface area (Å²) >= 11 is 11.8. The Bertz CT molecular complexity index is 1530. The van der Waals surface area contributed by atoms with Gasteiger partial charge in [-0.05, 0) is 54.6 Å². The van der Waals surface area contributed by atoms with Crippen LogP contribution in [0.25, 0.3) is 0 Å². The first-order valence-electron chi connectivity index (χ1n) is 11.2. The summed E-state index contributed by atoms with van der Waals surface area (Å²) in [6.07, 6.45) is -15.1. The highest BCUT2D eigenvalue weighted by molar-refractivity contribution is 6.36. The highest BCUT2D eigenvalue weighted by atomic mass is 35.5. The van der Waals surface area contributed by atoms with Gasteiger partial charge in [-0.25, -0.2) is 14.4 Å². The average molecular weight is 638 g/mol. The maximum atomic E-state index is 13.1. The smallest absolute Gasteiger partial charge is 0.416 e. The quantitative estimate of drug-likeness (QED) is 0.214. The second-order valence-electron chi connectivity index (χ2n) is 8.26. The monoisotopic (exact) mass is 637 g/mol. The minimum Gasteiger partial charge on any atom is -0.478 e. The molecule has 42 heavy (non-hydrogen) atoms. The Labute approximate surface area is 241 Å². The number of carbonyl (C=O) groups is 4. The summed E-state index contributed by atoms with van der Waals surface area (Å²) in [5.74, 6) is -6.88. The van der Waals surface area contributed by atoms with E-state index in [1.807, 2.05) is 0 Å². The predicted octanol–water partition coefficient (Wildman–Crippen LogP) is 6.51. The van der Waals surface area contributed by atoms with Crippen molar-refractivity contribution in [1.82, 2.24) is 0 Å². The van der Waals surface area contributed by atoms with Gasteiger partial charge in [0.15, 0.2) is 0 Å². The van der Waals surface area contributed by atoms with Crippen LogP contribution in [0.1, 0.15) is 31.8 Å². The van der Waals surface area contributed by atoms with E-state index in [4.69, 9.17) is 32.7 Å². The van der Waals surface area contributed by atoms with E-state index < -0.39 is 70.6 Å². The van der Waals surface area contributed by atoms with Crippen LogP contribution in [0.3, 0.4) is 0 Å². The Balaban J connectivity index is 1.99. The molecule has 8 nitrogen and oxygen atoms in total. The molecule has 0 radical (unpaired) electrons. The highest BCUT2D eigenvalue weighted by Crippen LogP contribution is 2.31. The number of alkyl halides is 6. The number of nitrogens with one attached hydrogen (secondary N) is 1. The molecule has 3 rings (SSSR count). The van der Waals surface area contributed by atoms with Crippen molar-refractivity contribution in [1.29, 1.82) is 0 Å². The Kier molecular flexibility index (Phi) is 9.74. The molecule has 2 N–H and O–H groups in total. The molecule has 222 valence electrons. The van der Waals surface area contributed by atoms with E-state index in [-0.39, 0.29) is 15.7 Å². The number of carbonyl (C=O) groups excluding carboxylic acids is 3. The van der Waals surface area contributed by atoms with Gasteiger partial charge in [0, 0.05) is 5.02 Å². The molecule has 0 spiro atoms. The summed E-state index contributed by atoms with van der Waals surface area (Å²) in [6, 6.07) is 8.93. The average Bonchev–Trinajstić information content (AvgIpc) is 2.91. The van der Waals surface area contributed by atoms with E-state index >= 15 is 0 Å². The number of ether oxygens (including phenoxy) is 2. The zero-order chi connectivity index (χ0) is 31.4. The minimum atomic E-state index is -4.89. The minimum absolute atomic E-state index is 0.129. The first-order valence-corrected chi connectivity index (χ1v) is 12.0. The molecule has 2 atom stereocenters. The van der Waals surface area contributed by atoms with Crippen LogP contribution in [0.5, 0.6) is 0 Å². The molecule has 0 aliphatic carbocycles. The molecule has 16 heteroatoms. The van der Waals surface area contributed by atoms with E-state index in [1.165, 1.54) is 18.2 Å². The van der Waals surface area contributed by atoms with Crippen molar-refractivity contribution in [2.24, 2.45) is 0 Å². The maximum Gasteiger partial charge on any atom is 0.416 e. The van der Waals surface area contributed by atoms with Crippen LogP contribution in [-0.2, 0) is 31.4 Å². The molecule has 0 aliphatic heterocycles. The third kappa shape index (κ3) is 8.13.